The van der Waals surface area contributed by atoms with Gasteiger partial charge in [-0.1, -0.05) is 32.6 Å². The summed E-state index contributed by atoms with van der Waals surface area (Å²) in [4.78, 5) is 37.2. The highest BCUT2D eigenvalue weighted by Gasteiger charge is 2.63. The molecule has 3 aliphatic rings. The molecule has 248 valence electrons. The Hall–Kier alpha value is -1.18. The molecule has 0 aromatic heterocycles. The van der Waals surface area contributed by atoms with Gasteiger partial charge in [-0.2, -0.15) is 0 Å². The molecule has 12 atom stereocenters. The zero-order valence-electron chi connectivity index (χ0n) is 24.5. The molecule has 2 aliphatic carbocycles. The number of esters is 2. The van der Waals surface area contributed by atoms with Gasteiger partial charge in [0.2, 0.25) is 0 Å². The van der Waals surface area contributed by atoms with Crippen molar-refractivity contribution in [2.24, 2.45) is 23.7 Å². The highest BCUT2D eigenvalue weighted by atomic mass is 127. The monoisotopic (exact) mass is 732 g/mol. The summed E-state index contributed by atoms with van der Waals surface area (Å²) in [5.41, 5.74) is 0. The molecule has 0 amide bonds. The number of rotatable bonds is 16. The number of fused-ring (bicyclic) bond motifs is 1. The topological polar surface area (TPSA) is 208 Å². The first-order chi connectivity index (χ1) is 20.6. The van der Waals surface area contributed by atoms with Crippen molar-refractivity contribution in [1.82, 2.24) is 0 Å². The summed E-state index contributed by atoms with van der Waals surface area (Å²) in [7, 11) is 1.33. The summed E-state index contributed by atoms with van der Waals surface area (Å²) in [6, 6.07) is 0. The highest BCUT2D eigenvalue weighted by molar-refractivity contribution is 14.1. The van der Waals surface area contributed by atoms with Crippen LogP contribution in [0.2, 0.25) is 0 Å². The Labute approximate surface area is 265 Å². The number of carbonyl (C=O) groups is 3. The lowest BCUT2D eigenvalue weighted by Crippen LogP contribution is -2.54. The number of hydrogen-bond acceptors (Lipinski definition) is 14. The fraction of sp³-hybridized carbons (Fsp3) is 0.893. The largest absolute Gasteiger partial charge is 0.465 e. The smallest absolute Gasteiger partial charge is 0.345 e. The van der Waals surface area contributed by atoms with Crippen LogP contribution >= 0.6 is 23.0 Å². The molecule has 3 fully saturated rings. The molecule has 1 heterocycles. The minimum Gasteiger partial charge on any atom is -0.465 e. The molecule has 1 aliphatic heterocycles. The zero-order valence-corrected chi connectivity index (χ0v) is 26.7. The first-order valence-electron chi connectivity index (χ1n) is 14.9. The van der Waals surface area contributed by atoms with Crippen LogP contribution in [-0.4, -0.2) is 126 Å². The molecule has 0 bridgehead atoms. The minimum absolute atomic E-state index is 0.102. The van der Waals surface area contributed by atoms with E-state index in [4.69, 9.17) is 26.8 Å². The van der Waals surface area contributed by atoms with Crippen LogP contribution in [0.15, 0.2) is 0 Å². The predicted molar refractivity (Wildman–Crippen MR) is 154 cm³/mol. The van der Waals surface area contributed by atoms with Crippen molar-refractivity contribution in [3.8, 4) is 0 Å². The van der Waals surface area contributed by atoms with Crippen LogP contribution in [0.3, 0.4) is 0 Å². The van der Waals surface area contributed by atoms with Crippen molar-refractivity contribution in [1.29, 1.82) is 0 Å². The molecule has 2 saturated carbocycles. The average Bonchev–Trinajstić information content (AvgIpc) is 3.71. The van der Waals surface area contributed by atoms with E-state index in [2.05, 4.69) is 6.92 Å². The maximum atomic E-state index is 12.5. The van der Waals surface area contributed by atoms with Crippen molar-refractivity contribution >= 4 is 40.9 Å². The minimum atomic E-state index is -1.81. The Bertz CT molecular complexity index is 907. The molecule has 0 aromatic carbocycles. The lowest BCUT2D eigenvalue weighted by atomic mass is 9.90. The van der Waals surface area contributed by atoms with Crippen molar-refractivity contribution in [3.63, 3.8) is 0 Å². The third kappa shape index (κ3) is 9.42. The van der Waals surface area contributed by atoms with Gasteiger partial charge in [0.25, 0.3) is 0 Å². The van der Waals surface area contributed by atoms with Crippen LogP contribution in [0, 0.1) is 23.7 Å². The van der Waals surface area contributed by atoms with E-state index in [1.807, 2.05) is 0 Å². The summed E-state index contributed by atoms with van der Waals surface area (Å²) in [6.07, 6.45) is -4.13. The fourth-order valence-corrected chi connectivity index (χ4v) is 6.35. The third-order valence-corrected chi connectivity index (χ3v) is 9.06. The Morgan fingerprint density at radius 3 is 2.37 bits per heavy atom. The van der Waals surface area contributed by atoms with E-state index < -0.39 is 85.1 Å². The van der Waals surface area contributed by atoms with E-state index in [0.717, 1.165) is 25.7 Å². The highest BCUT2D eigenvalue weighted by Crippen LogP contribution is 2.54. The van der Waals surface area contributed by atoms with Crippen molar-refractivity contribution in [2.75, 3.05) is 33.5 Å². The quantitative estimate of drug-likeness (QED) is 0.0793. The average molecular weight is 733 g/mol. The van der Waals surface area contributed by atoms with Crippen LogP contribution < -0.4 is 0 Å². The molecule has 0 spiro atoms. The van der Waals surface area contributed by atoms with Gasteiger partial charge < -0.3 is 52.3 Å². The Kier molecular flexibility index (Phi) is 14.8. The molecular formula is C28H45IO14. The summed E-state index contributed by atoms with van der Waals surface area (Å²) < 4.78 is 32.9. The van der Waals surface area contributed by atoms with E-state index in [0.29, 0.717) is 12.8 Å². The van der Waals surface area contributed by atoms with Crippen LogP contribution in [-0.2, 0) is 41.1 Å². The Balaban J connectivity index is 1.73. The number of hydrogen-bond donors (Lipinski definition) is 5. The van der Waals surface area contributed by atoms with Gasteiger partial charge in [0.1, 0.15) is 18.3 Å². The second kappa shape index (κ2) is 17.5. The molecule has 5 N–H and O–H groups in total. The van der Waals surface area contributed by atoms with E-state index in [1.165, 1.54) is 30.1 Å². The van der Waals surface area contributed by atoms with Gasteiger partial charge in [-0.15, -0.1) is 0 Å². The molecular weight excluding hydrogens is 687 g/mol. The van der Waals surface area contributed by atoms with Gasteiger partial charge in [-0.25, -0.2) is 9.59 Å². The van der Waals surface area contributed by atoms with Crippen LogP contribution in [0.25, 0.3) is 0 Å². The number of aliphatic hydroxyl groups is 5. The molecule has 0 radical (unpaired) electrons. The van der Waals surface area contributed by atoms with Gasteiger partial charge in [-0.05, 0) is 18.8 Å². The van der Waals surface area contributed by atoms with Crippen LogP contribution in [0.5, 0.6) is 0 Å². The Morgan fingerprint density at radius 2 is 1.72 bits per heavy atom. The fourth-order valence-electron chi connectivity index (χ4n) is 6.10. The maximum Gasteiger partial charge on any atom is 0.345 e. The molecule has 1 saturated heterocycles. The van der Waals surface area contributed by atoms with Crippen LogP contribution in [0.1, 0.15) is 51.9 Å². The number of halogens is 1. The molecule has 3 rings (SSSR count). The van der Waals surface area contributed by atoms with E-state index >= 15 is 0 Å². The van der Waals surface area contributed by atoms with Gasteiger partial charge in [0.05, 0.1) is 44.7 Å². The third-order valence-electron chi connectivity index (χ3n) is 8.62. The van der Waals surface area contributed by atoms with Crippen molar-refractivity contribution < 1.29 is 66.7 Å². The van der Waals surface area contributed by atoms with E-state index in [9.17, 15) is 39.9 Å². The summed E-state index contributed by atoms with van der Waals surface area (Å²) in [5, 5.41) is 51.0. The first-order valence-corrected chi connectivity index (χ1v) is 15.7. The number of carbonyl (C=O) groups excluding carboxylic acids is 3. The second-order valence-corrected chi connectivity index (χ2v) is 12.0. The zero-order chi connectivity index (χ0) is 31.7. The normalized spacial score (nSPS) is 36.1. The van der Waals surface area contributed by atoms with Crippen molar-refractivity contribution in [3.05, 3.63) is 0 Å². The molecule has 14 nitrogen and oxygen atoms in total. The predicted octanol–water partition coefficient (Wildman–Crippen LogP) is -0.188. The number of ether oxygens (including phenoxy) is 5. The SMILES string of the molecule is CCCCCCCC(=O)OCC1CC2C(OCC3C(C(=O)OI)OCC(O)C3O)C2C(OC(=O)C(O)CO)C(OC)C1O. The molecule has 43 heavy (non-hydrogen) atoms. The van der Waals surface area contributed by atoms with Gasteiger partial charge in [0, 0.05) is 31.3 Å². The van der Waals surface area contributed by atoms with Gasteiger partial charge in [0.15, 0.2) is 35.2 Å². The second-order valence-electron chi connectivity index (χ2n) is 11.5. The molecule has 15 heteroatoms. The summed E-state index contributed by atoms with van der Waals surface area (Å²) in [5.74, 6) is -4.66. The molecule has 0 aromatic rings. The number of methoxy groups -OCH3 is 1. The molecule has 12 unspecified atom stereocenters. The van der Waals surface area contributed by atoms with Crippen LogP contribution in [0.4, 0.5) is 0 Å². The number of aliphatic hydroxyl groups excluding tert-OH is 5. The van der Waals surface area contributed by atoms with Gasteiger partial charge >= 0.3 is 17.9 Å². The summed E-state index contributed by atoms with van der Waals surface area (Å²) in [6.45, 7) is 0.657. The van der Waals surface area contributed by atoms with E-state index in [1.54, 1.807) is 0 Å². The van der Waals surface area contributed by atoms with Crippen molar-refractivity contribution in [2.45, 2.75) is 101 Å². The standard InChI is InChI=1S/C28H45IO14/c1-3-4-5-6-7-8-19(33)39-11-14-9-15-20(25(26(38-2)21(14)34)42-27(36)17(31)10-30)23(15)40-12-16-22(35)18(32)13-41-24(16)28(37)43-29/h14-18,20-26,30-32,34-35H,3-13H2,1-2H3. The lowest BCUT2D eigenvalue weighted by Gasteiger charge is -2.36. The van der Waals surface area contributed by atoms with Gasteiger partial charge in [-0.3, -0.25) is 4.79 Å². The Morgan fingerprint density at radius 1 is 1.00 bits per heavy atom. The van der Waals surface area contributed by atoms with E-state index in [-0.39, 0.29) is 38.1 Å². The summed E-state index contributed by atoms with van der Waals surface area (Å²) >= 11 is 1.41. The lowest BCUT2D eigenvalue weighted by molar-refractivity contribution is -0.192. The first kappa shape index (κ1) is 36.3. The maximum absolute atomic E-state index is 12.5. The number of unbranched alkanes of at least 4 members (excludes halogenated alkanes) is 4.